The molecule has 0 aliphatic carbocycles. The highest BCUT2D eigenvalue weighted by Gasteiger charge is 2.19. The van der Waals surface area contributed by atoms with Crippen molar-refractivity contribution in [3.05, 3.63) is 94.5 Å². The largest absolute Gasteiger partial charge is 0.416 e. The molecule has 1 N–H and O–H groups in total. The molecule has 0 spiro atoms. The van der Waals surface area contributed by atoms with E-state index in [9.17, 15) is 14.9 Å². The molecule has 0 atom stereocenters. The zero-order chi connectivity index (χ0) is 20.2. The van der Waals surface area contributed by atoms with Gasteiger partial charge in [0.1, 0.15) is 5.56 Å². The van der Waals surface area contributed by atoms with Crippen LogP contribution in [-0.4, -0.2) is 21.0 Å². The molecule has 0 aliphatic rings. The summed E-state index contributed by atoms with van der Waals surface area (Å²) in [6, 6.07) is 22.0. The predicted molar refractivity (Wildman–Crippen MR) is 106 cm³/mol. The third-order valence-electron chi connectivity index (χ3n) is 4.18. The minimum atomic E-state index is -0.585. The Labute approximate surface area is 165 Å². The van der Waals surface area contributed by atoms with Crippen LogP contribution in [0.5, 0.6) is 0 Å². The first kappa shape index (κ1) is 18.1. The van der Waals surface area contributed by atoms with Gasteiger partial charge in [0.05, 0.1) is 4.92 Å². The fourth-order valence-electron chi connectivity index (χ4n) is 2.76. The number of nitrogens with zero attached hydrogens (tertiary/aromatic N) is 3. The van der Waals surface area contributed by atoms with Crippen LogP contribution in [0.1, 0.15) is 10.4 Å². The van der Waals surface area contributed by atoms with E-state index in [-0.39, 0.29) is 11.3 Å². The average Bonchev–Trinajstić information content (AvgIpc) is 3.25. The summed E-state index contributed by atoms with van der Waals surface area (Å²) < 4.78 is 5.70. The van der Waals surface area contributed by atoms with Gasteiger partial charge in [0.2, 0.25) is 11.8 Å². The second kappa shape index (κ2) is 7.73. The molecular formula is C21H14N4O4. The Bertz CT molecular complexity index is 1170. The van der Waals surface area contributed by atoms with Crippen molar-refractivity contribution in [1.82, 2.24) is 10.2 Å². The van der Waals surface area contributed by atoms with Crippen LogP contribution in [0, 0.1) is 10.1 Å². The Kier molecular flexibility index (Phi) is 4.81. The second-order valence-corrected chi connectivity index (χ2v) is 6.08. The van der Waals surface area contributed by atoms with Crippen LogP contribution in [0.25, 0.3) is 22.9 Å². The number of hydrogen-bond donors (Lipinski definition) is 1. The number of nitro groups is 1. The fourth-order valence-corrected chi connectivity index (χ4v) is 2.76. The van der Waals surface area contributed by atoms with E-state index in [0.717, 1.165) is 5.56 Å². The minimum absolute atomic E-state index is 0.00835. The Balaban J connectivity index is 1.51. The Morgan fingerprint density at radius 3 is 2.07 bits per heavy atom. The van der Waals surface area contributed by atoms with Crippen molar-refractivity contribution in [2.45, 2.75) is 0 Å². The molecule has 1 aromatic heterocycles. The molecule has 0 saturated heterocycles. The van der Waals surface area contributed by atoms with Crippen LogP contribution >= 0.6 is 0 Å². The number of aromatic nitrogens is 2. The first-order valence-corrected chi connectivity index (χ1v) is 8.66. The molecule has 29 heavy (non-hydrogen) atoms. The highest BCUT2D eigenvalue weighted by molar-refractivity contribution is 6.07. The van der Waals surface area contributed by atoms with Gasteiger partial charge >= 0.3 is 0 Å². The van der Waals surface area contributed by atoms with Gasteiger partial charge in [-0.2, -0.15) is 0 Å². The molecule has 0 aliphatic heterocycles. The summed E-state index contributed by atoms with van der Waals surface area (Å²) in [6.07, 6.45) is 0. The van der Waals surface area contributed by atoms with Gasteiger partial charge in [-0.3, -0.25) is 14.9 Å². The van der Waals surface area contributed by atoms with E-state index in [2.05, 4.69) is 15.5 Å². The molecular weight excluding hydrogens is 372 g/mol. The van der Waals surface area contributed by atoms with Crippen molar-refractivity contribution in [2.24, 2.45) is 0 Å². The number of hydrogen-bond acceptors (Lipinski definition) is 6. The molecule has 1 heterocycles. The molecule has 0 unspecified atom stereocenters. The number of carbonyl (C=O) groups is 1. The Hall–Kier alpha value is -4.33. The third kappa shape index (κ3) is 3.86. The maximum absolute atomic E-state index is 12.4. The number of rotatable bonds is 5. The Morgan fingerprint density at radius 1 is 0.828 bits per heavy atom. The number of amides is 1. The smallest absolute Gasteiger partial charge is 0.282 e. The first-order chi connectivity index (χ1) is 14.1. The average molecular weight is 386 g/mol. The summed E-state index contributed by atoms with van der Waals surface area (Å²) in [5.41, 5.74) is 1.73. The van der Waals surface area contributed by atoms with Crippen LogP contribution in [0.3, 0.4) is 0 Å². The summed E-state index contributed by atoms with van der Waals surface area (Å²) in [4.78, 5) is 22.9. The van der Waals surface area contributed by atoms with Crippen LogP contribution < -0.4 is 5.32 Å². The van der Waals surface area contributed by atoms with Crippen molar-refractivity contribution in [2.75, 3.05) is 5.32 Å². The first-order valence-electron chi connectivity index (χ1n) is 8.66. The van der Waals surface area contributed by atoms with E-state index in [1.807, 2.05) is 30.3 Å². The topological polar surface area (TPSA) is 111 Å². The summed E-state index contributed by atoms with van der Waals surface area (Å²) in [6.45, 7) is 0. The Morgan fingerprint density at radius 2 is 1.41 bits per heavy atom. The van der Waals surface area contributed by atoms with E-state index in [0.29, 0.717) is 23.0 Å². The van der Waals surface area contributed by atoms with Crippen LogP contribution in [-0.2, 0) is 0 Å². The van der Waals surface area contributed by atoms with Gasteiger partial charge in [0.15, 0.2) is 0 Å². The number of nitro benzene ring substituents is 1. The van der Waals surface area contributed by atoms with Crippen molar-refractivity contribution in [3.8, 4) is 22.9 Å². The molecule has 8 nitrogen and oxygen atoms in total. The normalized spacial score (nSPS) is 10.5. The van der Waals surface area contributed by atoms with Crippen LogP contribution in [0.4, 0.5) is 11.4 Å². The van der Waals surface area contributed by atoms with Gasteiger partial charge < -0.3 is 9.73 Å². The monoisotopic (exact) mass is 386 g/mol. The molecule has 8 heteroatoms. The molecule has 0 saturated carbocycles. The SMILES string of the molecule is O=C(Nc1ccc(-c2nnc(-c3ccccc3)o2)cc1)c1ccccc1[N+](=O)[O-]. The van der Waals surface area contributed by atoms with Gasteiger partial charge in [-0.25, -0.2) is 0 Å². The molecule has 142 valence electrons. The molecule has 0 radical (unpaired) electrons. The van der Waals surface area contributed by atoms with Crippen molar-refractivity contribution < 1.29 is 14.1 Å². The summed E-state index contributed by atoms with van der Waals surface area (Å²) in [5.74, 6) is 0.198. The molecule has 0 bridgehead atoms. The maximum Gasteiger partial charge on any atom is 0.282 e. The van der Waals surface area contributed by atoms with Gasteiger partial charge in [-0.15, -0.1) is 10.2 Å². The van der Waals surface area contributed by atoms with Crippen LogP contribution in [0.15, 0.2) is 83.3 Å². The third-order valence-corrected chi connectivity index (χ3v) is 4.18. The van der Waals surface area contributed by atoms with Crippen LogP contribution in [0.2, 0.25) is 0 Å². The van der Waals surface area contributed by atoms with Gasteiger partial charge in [-0.05, 0) is 42.5 Å². The van der Waals surface area contributed by atoms with Crippen molar-refractivity contribution >= 4 is 17.3 Å². The lowest BCUT2D eigenvalue weighted by atomic mass is 10.1. The summed E-state index contributed by atoms with van der Waals surface area (Å²) in [5, 5.41) is 21.8. The molecule has 4 aromatic rings. The summed E-state index contributed by atoms with van der Waals surface area (Å²) >= 11 is 0. The number of carbonyl (C=O) groups excluding carboxylic acids is 1. The lowest BCUT2D eigenvalue weighted by Crippen LogP contribution is -2.13. The lowest BCUT2D eigenvalue weighted by Gasteiger charge is -2.06. The van der Waals surface area contributed by atoms with Crippen molar-refractivity contribution in [1.29, 1.82) is 0 Å². The number of benzene rings is 3. The molecule has 4 rings (SSSR count). The molecule has 1 amide bonds. The quantitative estimate of drug-likeness (QED) is 0.397. The second-order valence-electron chi connectivity index (χ2n) is 6.08. The maximum atomic E-state index is 12.4. The van der Waals surface area contributed by atoms with E-state index in [1.165, 1.54) is 18.2 Å². The number of anilines is 1. The molecule has 0 fully saturated rings. The number of nitrogens with one attached hydrogen (secondary N) is 1. The zero-order valence-electron chi connectivity index (χ0n) is 15.0. The molecule has 3 aromatic carbocycles. The fraction of sp³-hybridized carbons (Fsp3) is 0. The zero-order valence-corrected chi connectivity index (χ0v) is 15.0. The standard InChI is InChI=1S/C21H14N4O4/c26-19(17-8-4-5-9-18(17)25(27)28)22-16-12-10-15(11-13-16)21-24-23-20(29-21)14-6-2-1-3-7-14/h1-13H,(H,22,26). The minimum Gasteiger partial charge on any atom is -0.416 e. The van der Waals surface area contributed by atoms with Gasteiger partial charge in [0.25, 0.3) is 11.6 Å². The van der Waals surface area contributed by atoms with E-state index in [1.54, 1.807) is 30.3 Å². The predicted octanol–water partition coefficient (Wildman–Crippen LogP) is 4.56. The van der Waals surface area contributed by atoms with E-state index in [4.69, 9.17) is 4.42 Å². The lowest BCUT2D eigenvalue weighted by molar-refractivity contribution is -0.385. The summed E-state index contributed by atoms with van der Waals surface area (Å²) in [7, 11) is 0. The highest BCUT2D eigenvalue weighted by atomic mass is 16.6. The van der Waals surface area contributed by atoms with Crippen molar-refractivity contribution in [3.63, 3.8) is 0 Å². The van der Waals surface area contributed by atoms with Gasteiger partial charge in [-0.1, -0.05) is 30.3 Å². The highest BCUT2D eigenvalue weighted by Crippen LogP contribution is 2.25. The van der Waals surface area contributed by atoms with E-state index < -0.39 is 10.8 Å². The van der Waals surface area contributed by atoms with E-state index >= 15 is 0 Å². The van der Waals surface area contributed by atoms with Gasteiger partial charge in [0, 0.05) is 22.9 Å². The number of para-hydroxylation sites is 1.